The molecule has 4 N–H and O–H groups in total. The van der Waals surface area contributed by atoms with Crippen LogP contribution in [0.5, 0.6) is 0 Å². The van der Waals surface area contributed by atoms with E-state index < -0.39 is 5.97 Å². The number of anilines is 1. The van der Waals surface area contributed by atoms with E-state index in [1.807, 2.05) is 0 Å². The Morgan fingerprint density at radius 3 is 3.00 bits per heavy atom. The largest absolute Gasteiger partial charge is 0.476 e. The van der Waals surface area contributed by atoms with Gasteiger partial charge in [0.2, 0.25) is 5.89 Å². The van der Waals surface area contributed by atoms with Crippen molar-refractivity contribution in [1.29, 1.82) is 0 Å². The van der Waals surface area contributed by atoms with Gasteiger partial charge in [-0.3, -0.25) is 5.10 Å². The molecule has 90 valence electrons. The summed E-state index contributed by atoms with van der Waals surface area (Å²) >= 11 is 0. The molecule has 2 aromatic heterocycles. The van der Waals surface area contributed by atoms with Crippen molar-refractivity contribution in [3.8, 4) is 11.5 Å². The molecule has 0 unspecified atom stereocenters. The Hall–Kier alpha value is -2.83. The number of carbonyl (C=O) groups is 1. The summed E-state index contributed by atoms with van der Waals surface area (Å²) in [5, 5.41) is 16.2. The van der Waals surface area contributed by atoms with Crippen LogP contribution in [0.1, 0.15) is 10.5 Å². The maximum absolute atomic E-state index is 10.7. The fourth-order valence-corrected chi connectivity index (χ4v) is 1.67. The number of hydrogen-bond donors (Lipinski definition) is 3. The lowest BCUT2D eigenvalue weighted by Crippen LogP contribution is -1.95. The first-order chi connectivity index (χ1) is 8.65. The van der Waals surface area contributed by atoms with Crippen molar-refractivity contribution in [3.63, 3.8) is 0 Å². The Balaban J connectivity index is 2.12. The molecule has 0 aliphatic heterocycles. The number of rotatable bonds is 2. The number of nitrogens with two attached hydrogens (primary N) is 1. The third kappa shape index (κ3) is 1.49. The van der Waals surface area contributed by atoms with Gasteiger partial charge in [0, 0.05) is 10.9 Å². The molecule has 0 fully saturated rings. The summed E-state index contributed by atoms with van der Waals surface area (Å²) in [6.07, 6.45) is 1.10. The summed E-state index contributed by atoms with van der Waals surface area (Å²) in [6.45, 7) is 0. The van der Waals surface area contributed by atoms with E-state index in [0.717, 1.165) is 17.2 Å². The number of hydrogen-bond acceptors (Lipinski definition) is 5. The second kappa shape index (κ2) is 3.59. The van der Waals surface area contributed by atoms with Crippen LogP contribution < -0.4 is 5.73 Å². The number of nitrogen functional groups attached to an aromatic ring is 1. The number of fused-ring (bicyclic) bond motifs is 1. The number of aromatic nitrogens is 3. The highest BCUT2D eigenvalue weighted by molar-refractivity contribution is 5.91. The minimum absolute atomic E-state index is 0.134. The molecule has 2 heterocycles. The number of benzene rings is 1. The van der Waals surface area contributed by atoms with Crippen LogP contribution in [0.2, 0.25) is 0 Å². The molecule has 0 bridgehead atoms. The van der Waals surface area contributed by atoms with E-state index in [4.69, 9.17) is 15.3 Å². The molecule has 1 aromatic carbocycles. The van der Waals surface area contributed by atoms with Crippen molar-refractivity contribution in [3.05, 3.63) is 30.2 Å². The molecule has 0 amide bonds. The first-order valence-corrected chi connectivity index (χ1v) is 5.08. The zero-order valence-electron chi connectivity index (χ0n) is 9.04. The average Bonchev–Trinajstić information content (AvgIpc) is 2.96. The Labute approximate surface area is 100 Å². The topological polar surface area (TPSA) is 118 Å². The van der Waals surface area contributed by atoms with Gasteiger partial charge in [-0.05, 0) is 18.2 Å². The van der Waals surface area contributed by atoms with Gasteiger partial charge in [-0.25, -0.2) is 9.78 Å². The predicted molar refractivity (Wildman–Crippen MR) is 63.0 cm³/mol. The SMILES string of the molecule is Nc1n[nH]c2ccc(-c3nc(C(=O)O)co3)cc12. The van der Waals surface area contributed by atoms with E-state index in [2.05, 4.69) is 15.2 Å². The van der Waals surface area contributed by atoms with Crippen LogP contribution in [0.15, 0.2) is 28.9 Å². The first-order valence-electron chi connectivity index (χ1n) is 5.08. The monoisotopic (exact) mass is 244 g/mol. The third-order valence-corrected chi connectivity index (χ3v) is 2.56. The van der Waals surface area contributed by atoms with Crippen molar-refractivity contribution in [2.24, 2.45) is 0 Å². The third-order valence-electron chi connectivity index (χ3n) is 2.56. The molecule has 0 atom stereocenters. The lowest BCUT2D eigenvalue weighted by molar-refractivity contribution is 0.0690. The summed E-state index contributed by atoms with van der Waals surface area (Å²) in [5.41, 5.74) is 6.99. The van der Waals surface area contributed by atoms with Gasteiger partial charge in [-0.1, -0.05) is 0 Å². The maximum atomic E-state index is 10.7. The summed E-state index contributed by atoms with van der Waals surface area (Å²) in [4.78, 5) is 14.6. The van der Waals surface area contributed by atoms with Crippen LogP contribution in [-0.4, -0.2) is 26.3 Å². The molecular formula is C11H8N4O3. The number of carboxylic acid groups (broad SMARTS) is 1. The lowest BCUT2D eigenvalue weighted by atomic mass is 10.1. The minimum atomic E-state index is -1.13. The fourth-order valence-electron chi connectivity index (χ4n) is 1.67. The maximum Gasteiger partial charge on any atom is 0.357 e. The molecule has 0 saturated carbocycles. The highest BCUT2D eigenvalue weighted by Crippen LogP contribution is 2.25. The molecule has 0 saturated heterocycles. The first kappa shape index (κ1) is 10.3. The molecule has 0 aliphatic carbocycles. The molecular weight excluding hydrogens is 236 g/mol. The standard InChI is InChI=1S/C11H8N4O3/c12-9-6-3-5(1-2-7(6)14-15-9)10-13-8(4-18-10)11(16)17/h1-4H,(H,16,17)(H3,12,14,15). The van der Waals surface area contributed by atoms with E-state index in [1.165, 1.54) is 0 Å². The summed E-state index contributed by atoms with van der Waals surface area (Å²) < 4.78 is 5.11. The summed E-state index contributed by atoms with van der Waals surface area (Å²) in [7, 11) is 0. The predicted octanol–water partition coefficient (Wildman–Crippen LogP) is 1.50. The quantitative estimate of drug-likeness (QED) is 0.628. The van der Waals surface area contributed by atoms with Crippen molar-refractivity contribution >= 4 is 22.7 Å². The van der Waals surface area contributed by atoms with Crippen molar-refractivity contribution < 1.29 is 14.3 Å². The van der Waals surface area contributed by atoms with E-state index in [0.29, 0.717) is 11.4 Å². The molecule has 0 radical (unpaired) electrons. The van der Waals surface area contributed by atoms with Crippen LogP contribution >= 0.6 is 0 Å². The molecule has 0 aliphatic rings. The van der Waals surface area contributed by atoms with Gasteiger partial charge < -0.3 is 15.3 Å². The number of nitrogens with one attached hydrogen (secondary N) is 1. The highest BCUT2D eigenvalue weighted by Gasteiger charge is 2.13. The highest BCUT2D eigenvalue weighted by atomic mass is 16.4. The Bertz CT molecular complexity index is 744. The van der Waals surface area contributed by atoms with Gasteiger partial charge in [0.05, 0.1) is 5.52 Å². The molecule has 7 heteroatoms. The van der Waals surface area contributed by atoms with Crippen molar-refractivity contribution in [1.82, 2.24) is 15.2 Å². The Kier molecular flexibility index (Phi) is 2.06. The molecule has 3 aromatic rings. The number of carboxylic acids is 1. The smallest absolute Gasteiger partial charge is 0.357 e. The van der Waals surface area contributed by atoms with Crippen LogP contribution in [0.4, 0.5) is 5.82 Å². The van der Waals surface area contributed by atoms with Gasteiger partial charge in [-0.15, -0.1) is 0 Å². The van der Waals surface area contributed by atoms with Crippen LogP contribution in [0.3, 0.4) is 0 Å². The number of H-pyrrole nitrogens is 1. The lowest BCUT2D eigenvalue weighted by Gasteiger charge is -1.95. The van der Waals surface area contributed by atoms with E-state index in [1.54, 1.807) is 18.2 Å². The van der Waals surface area contributed by atoms with Gasteiger partial charge in [-0.2, -0.15) is 5.10 Å². The minimum Gasteiger partial charge on any atom is -0.476 e. The van der Waals surface area contributed by atoms with Crippen LogP contribution in [0, 0.1) is 0 Å². The van der Waals surface area contributed by atoms with Crippen LogP contribution in [0.25, 0.3) is 22.4 Å². The Morgan fingerprint density at radius 2 is 2.28 bits per heavy atom. The van der Waals surface area contributed by atoms with E-state index >= 15 is 0 Å². The molecule has 7 nitrogen and oxygen atoms in total. The fraction of sp³-hybridized carbons (Fsp3) is 0. The molecule has 3 rings (SSSR count). The van der Waals surface area contributed by atoms with Gasteiger partial charge in [0.1, 0.15) is 6.26 Å². The number of nitrogens with zero attached hydrogens (tertiary/aromatic N) is 2. The van der Waals surface area contributed by atoms with Gasteiger partial charge in [0.25, 0.3) is 0 Å². The summed E-state index contributed by atoms with van der Waals surface area (Å²) in [6, 6.07) is 5.27. The zero-order chi connectivity index (χ0) is 12.7. The Morgan fingerprint density at radius 1 is 1.44 bits per heavy atom. The second-order valence-corrected chi connectivity index (χ2v) is 3.71. The number of aromatic carboxylic acids is 1. The normalized spacial score (nSPS) is 10.9. The van der Waals surface area contributed by atoms with Gasteiger partial charge in [0.15, 0.2) is 11.5 Å². The van der Waals surface area contributed by atoms with E-state index in [-0.39, 0.29) is 11.6 Å². The van der Waals surface area contributed by atoms with E-state index in [9.17, 15) is 4.79 Å². The summed E-state index contributed by atoms with van der Waals surface area (Å²) in [5.74, 6) is -0.527. The zero-order valence-corrected chi connectivity index (χ0v) is 9.04. The molecule has 0 spiro atoms. The van der Waals surface area contributed by atoms with Gasteiger partial charge >= 0.3 is 5.97 Å². The molecule has 18 heavy (non-hydrogen) atoms. The second-order valence-electron chi connectivity index (χ2n) is 3.71. The van der Waals surface area contributed by atoms with Crippen molar-refractivity contribution in [2.45, 2.75) is 0 Å². The van der Waals surface area contributed by atoms with Crippen molar-refractivity contribution in [2.75, 3.05) is 5.73 Å². The number of aromatic amines is 1. The van der Waals surface area contributed by atoms with Crippen LogP contribution in [-0.2, 0) is 0 Å². The average molecular weight is 244 g/mol. The number of oxazole rings is 1.